The molecule has 0 aliphatic rings. The van der Waals surface area contributed by atoms with E-state index in [-0.39, 0.29) is 17.7 Å². The molecule has 0 aliphatic carbocycles. The Bertz CT molecular complexity index is 338. The number of esters is 2. The van der Waals surface area contributed by atoms with Crippen LogP contribution in [-0.2, 0) is 23.9 Å². The Morgan fingerprint density at radius 2 is 0.957 bits per heavy atom. The van der Waals surface area contributed by atoms with E-state index in [1.807, 2.05) is 6.92 Å². The molecule has 0 radical (unpaired) electrons. The normalized spacial score (nSPS) is 10.3. The number of ketones is 1. The van der Waals surface area contributed by atoms with Gasteiger partial charge in [0.05, 0.1) is 13.2 Å². The fourth-order valence-electron chi connectivity index (χ4n) is 2.32. The zero-order chi connectivity index (χ0) is 17.3. The summed E-state index contributed by atoms with van der Waals surface area (Å²) in [4.78, 5) is 33.9. The highest BCUT2D eigenvalue weighted by atomic mass is 16.5. The molecular weight excluding hydrogens is 296 g/mol. The number of carbonyl (C=O) groups excluding carboxylic acids is 3. The average molecular weight is 328 g/mol. The van der Waals surface area contributed by atoms with Gasteiger partial charge in [0.2, 0.25) is 0 Å². The molecule has 0 aliphatic heterocycles. The predicted octanol–water partition coefficient (Wildman–Crippen LogP) is 3.97. The van der Waals surface area contributed by atoms with E-state index in [9.17, 15) is 14.4 Å². The van der Waals surface area contributed by atoms with E-state index < -0.39 is 0 Å². The molecule has 23 heavy (non-hydrogen) atoms. The monoisotopic (exact) mass is 328 g/mol. The van der Waals surface area contributed by atoms with Gasteiger partial charge in [0.25, 0.3) is 0 Å². The molecule has 5 nitrogen and oxygen atoms in total. The van der Waals surface area contributed by atoms with Crippen molar-refractivity contribution in [3.8, 4) is 0 Å². The van der Waals surface area contributed by atoms with Crippen molar-refractivity contribution < 1.29 is 23.9 Å². The quantitative estimate of drug-likeness (QED) is 0.336. The SMILES string of the molecule is CCOC(=O)CCCCCCCCC(=O)CCCC(=O)OCC. The summed E-state index contributed by atoms with van der Waals surface area (Å²) in [6, 6.07) is 0. The lowest BCUT2D eigenvalue weighted by atomic mass is 10.0. The molecule has 0 unspecified atom stereocenters. The lowest BCUT2D eigenvalue weighted by Gasteiger charge is -2.03. The molecule has 134 valence electrons. The fraction of sp³-hybridized carbons (Fsp3) is 0.833. The summed E-state index contributed by atoms with van der Waals surface area (Å²) in [6.45, 7) is 4.44. The van der Waals surface area contributed by atoms with Gasteiger partial charge in [-0.05, 0) is 33.1 Å². The van der Waals surface area contributed by atoms with Crippen LogP contribution < -0.4 is 0 Å². The van der Waals surface area contributed by atoms with E-state index in [0.717, 1.165) is 38.5 Å². The molecule has 0 rings (SSSR count). The number of carbonyl (C=O) groups is 3. The summed E-state index contributed by atoms with van der Waals surface area (Å²) in [5, 5.41) is 0. The van der Waals surface area contributed by atoms with Gasteiger partial charge in [0.15, 0.2) is 0 Å². The van der Waals surface area contributed by atoms with Crippen molar-refractivity contribution in [1.82, 2.24) is 0 Å². The van der Waals surface area contributed by atoms with Crippen molar-refractivity contribution in [3.05, 3.63) is 0 Å². The van der Waals surface area contributed by atoms with Crippen LogP contribution in [0.5, 0.6) is 0 Å². The summed E-state index contributed by atoms with van der Waals surface area (Å²) in [5.74, 6) is -0.0966. The molecule has 0 amide bonds. The van der Waals surface area contributed by atoms with Gasteiger partial charge in [-0.15, -0.1) is 0 Å². The molecule has 0 aromatic rings. The highest BCUT2D eigenvalue weighted by Crippen LogP contribution is 2.11. The molecule has 0 N–H and O–H groups in total. The molecule has 0 aromatic heterocycles. The maximum Gasteiger partial charge on any atom is 0.305 e. The highest BCUT2D eigenvalue weighted by molar-refractivity contribution is 5.79. The van der Waals surface area contributed by atoms with Gasteiger partial charge in [0.1, 0.15) is 5.78 Å². The summed E-state index contributed by atoms with van der Waals surface area (Å²) in [7, 11) is 0. The lowest BCUT2D eigenvalue weighted by Crippen LogP contribution is -2.05. The molecule has 0 saturated carbocycles. The summed E-state index contributed by atoms with van der Waals surface area (Å²) in [6.07, 6.45) is 8.56. The van der Waals surface area contributed by atoms with Crippen LogP contribution in [0.1, 0.15) is 84.5 Å². The minimum atomic E-state index is -0.219. The maximum atomic E-state index is 11.7. The number of unbranched alkanes of at least 4 members (excludes halogenated alkanes) is 5. The zero-order valence-corrected chi connectivity index (χ0v) is 14.7. The Labute approximate surface area is 140 Å². The molecule has 0 saturated heterocycles. The van der Waals surface area contributed by atoms with Crippen LogP contribution in [0.25, 0.3) is 0 Å². The molecule has 0 bridgehead atoms. The molecule has 0 fully saturated rings. The topological polar surface area (TPSA) is 69.7 Å². The summed E-state index contributed by atoms with van der Waals surface area (Å²) < 4.78 is 9.69. The van der Waals surface area contributed by atoms with Crippen molar-refractivity contribution in [3.63, 3.8) is 0 Å². The number of ether oxygens (including phenoxy) is 2. The Morgan fingerprint density at radius 1 is 0.565 bits per heavy atom. The van der Waals surface area contributed by atoms with Gasteiger partial charge in [-0.1, -0.05) is 25.7 Å². The molecule has 0 spiro atoms. The number of Topliss-reactive ketones (excluding diaryl/α,β-unsaturated/α-hetero) is 1. The Hall–Kier alpha value is -1.39. The Kier molecular flexibility index (Phi) is 14.6. The van der Waals surface area contributed by atoms with Gasteiger partial charge in [-0.2, -0.15) is 0 Å². The second kappa shape index (κ2) is 15.5. The standard InChI is InChI=1S/C18H32O5/c1-3-22-17(20)14-10-8-6-5-7-9-12-16(19)13-11-15-18(21)23-4-2/h3-15H2,1-2H3. The molecule has 0 atom stereocenters. The summed E-state index contributed by atoms with van der Waals surface area (Å²) >= 11 is 0. The van der Waals surface area contributed by atoms with Gasteiger partial charge >= 0.3 is 11.9 Å². The van der Waals surface area contributed by atoms with Crippen LogP contribution in [0.15, 0.2) is 0 Å². The number of hydrogen-bond donors (Lipinski definition) is 0. The van der Waals surface area contributed by atoms with E-state index >= 15 is 0 Å². The van der Waals surface area contributed by atoms with E-state index in [1.54, 1.807) is 6.92 Å². The molecule has 0 heterocycles. The molecule has 0 aromatic carbocycles. The van der Waals surface area contributed by atoms with Crippen molar-refractivity contribution in [2.75, 3.05) is 13.2 Å². The van der Waals surface area contributed by atoms with E-state index in [2.05, 4.69) is 0 Å². The zero-order valence-electron chi connectivity index (χ0n) is 14.7. The van der Waals surface area contributed by atoms with Gasteiger partial charge in [-0.25, -0.2) is 0 Å². The molecular formula is C18H32O5. The Morgan fingerprint density at radius 3 is 1.48 bits per heavy atom. The first-order chi connectivity index (χ1) is 11.1. The maximum absolute atomic E-state index is 11.7. The third kappa shape index (κ3) is 15.3. The average Bonchev–Trinajstić information content (AvgIpc) is 2.50. The first-order valence-electron chi connectivity index (χ1n) is 8.93. The van der Waals surface area contributed by atoms with Gasteiger partial charge in [0, 0.05) is 25.7 Å². The third-order valence-corrected chi connectivity index (χ3v) is 3.53. The van der Waals surface area contributed by atoms with Crippen LogP contribution in [-0.4, -0.2) is 30.9 Å². The largest absolute Gasteiger partial charge is 0.466 e. The van der Waals surface area contributed by atoms with Crippen LogP contribution in [0.2, 0.25) is 0 Å². The number of rotatable bonds is 15. The smallest absolute Gasteiger partial charge is 0.305 e. The van der Waals surface area contributed by atoms with Crippen molar-refractivity contribution >= 4 is 17.7 Å². The highest BCUT2D eigenvalue weighted by Gasteiger charge is 2.06. The third-order valence-electron chi connectivity index (χ3n) is 3.53. The summed E-state index contributed by atoms with van der Waals surface area (Å²) in [5.41, 5.74) is 0. The van der Waals surface area contributed by atoms with Crippen molar-refractivity contribution in [2.24, 2.45) is 0 Å². The van der Waals surface area contributed by atoms with Crippen LogP contribution in [0.3, 0.4) is 0 Å². The van der Waals surface area contributed by atoms with E-state index in [4.69, 9.17) is 9.47 Å². The van der Waals surface area contributed by atoms with E-state index in [0.29, 0.717) is 45.3 Å². The second-order valence-electron chi connectivity index (χ2n) is 5.62. The molecule has 5 heteroatoms. The predicted molar refractivity (Wildman–Crippen MR) is 89.1 cm³/mol. The van der Waals surface area contributed by atoms with Gasteiger partial charge in [-0.3, -0.25) is 14.4 Å². The van der Waals surface area contributed by atoms with Crippen molar-refractivity contribution in [1.29, 1.82) is 0 Å². The first-order valence-corrected chi connectivity index (χ1v) is 8.93. The van der Waals surface area contributed by atoms with E-state index in [1.165, 1.54) is 0 Å². The minimum absolute atomic E-state index is 0.110. The van der Waals surface area contributed by atoms with Crippen molar-refractivity contribution in [2.45, 2.75) is 84.5 Å². The van der Waals surface area contributed by atoms with Crippen LogP contribution in [0.4, 0.5) is 0 Å². The lowest BCUT2D eigenvalue weighted by molar-refractivity contribution is -0.144. The van der Waals surface area contributed by atoms with Crippen LogP contribution in [0, 0.1) is 0 Å². The Balaban J connectivity index is 3.32. The minimum Gasteiger partial charge on any atom is -0.466 e. The fourth-order valence-corrected chi connectivity index (χ4v) is 2.32. The van der Waals surface area contributed by atoms with Crippen LogP contribution >= 0.6 is 0 Å². The number of hydrogen-bond acceptors (Lipinski definition) is 5. The first kappa shape index (κ1) is 21.6. The second-order valence-corrected chi connectivity index (χ2v) is 5.62. The van der Waals surface area contributed by atoms with Gasteiger partial charge < -0.3 is 9.47 Å².